The maximum absolute atomic E-state index is 13.2. The average Bonchev–Trinajstić information content (AvgIpc) is 3.50. The summed E-state index contributed by atoms with van der Waals surface area (Å²) in [5.74, 6) is 1.96. The molecule has 1 amide bonds. The molecular weight excluding hydrogens is 440 g/mol. The first-order chi connectivity index (χ1) is 16.1. The van der Waals surface area contributed by atoms with Crippen molar-refractivity contribution in [3.05, 3.63) is 51.9 Å². The Morgan fingerprint density at radius 3 is 2.82 bits per heavy atom. The molecule has 10 heteroatoms. The molecule has 33 heavy (non-hydrogen) atoms. The molecule has 0 bridgehead atoms. The molecule has 4 aromatic rings. The largest absolute Gasteiger partial charge is 0.477 e. The summed E-state index contributed by atoms with van der Waals surface area (Å²) in [6, 6.07) is 9.71. The third-order valence-corrected chi connectivity index (χ3v) is 7.43. The number of carbonyl (C=O) groups excluding carboxylic acids is 1. The van der Waals surface area contributed by atoms with Crippen LogP contribution < -0.4 is 15.2 Å². The quantitative estimate of drug-likeness (QED) is 0.463. The Bertz CT molecular complexity index is 1420. The normalized spacial score (nSPS) is 18.5. The van der Waals surface area contributed by atoms with Crippen molar-refractivity contribution in [3.63, 3.8) is 0 Å². The molecule has 0 radical (unpaired) electrons. The Kier molecular flexibility index (Phi) is 4.83. The Morgan fingerprint density at radius 2 is 1.97 bits per heavy atom. The van der Waals surface area contributed by atoms with E-state index in [2.05, 4.69) is 15.1 Å². The number of anilines is 1. The van der Waals surface area contributed by atoms with Gasteiger partial charge in [-0.15, -0.1) is 21.5 Å². The average molecular weight is 465 g/mol. The zero-order chi connectivity index (χ0) is 22.5. The zero-order valence-electron chi connectivity index (χ0n) is 18.3. The number of para-hydroxylation sites is 2. The molecule has 0 N–H and O–H groups in total. The number of carbonyl (C=O) groups is 1. The zero-order valence-corrected chi connectivity index (χ0v) is 19.1. The van der Waals surface area contributed by atoms with E-state index >= 15 is 0 Å². The lowest BCUT2D eigenvalue weighted by Crippen LogP contribution is -2.51. The third kappa shape index (κ3) is 3.28. The Hall–Kier alpha value is -3.40. The summed E-state index contributed by atoms with van der Waals surface area (Å²) < 4.78 is 10.3. The number of rotatable bonds is 3. The van der Waals surface area contributed by atoms with Crippen LogP contribution in [-0.2, 0) is 18.4 Å². The van der Waals surface area contributed by atoms with E-state index in [1.54, 1.807) is 7.05 Å². The predicted octanol–water partition coefficient (Wildman–Crippen LogP) is 2.42. The van der Waals surface area contributed by atoms with Gasteiger partial charge in [-0.3, -0.25) is 18.6 Å². The number of benzene rings is 1. The van der Waals surface area contributed by atoms with E-state index in [1.807, 2.05) is 45.0 Å². The van der Waals surface area contributed by atoms with E-state index in [0.717, 1.165) is 37.1 Å². The summed E-state index contributed by atoms with van der Waals surface area (Å²) in [5, 5.41) is 10.6. The van der Waals surface area contributed by atoms with Crippen LogP contribution in [0.4, 0.5) is 5.69 Å². The predicted molar refractivity (Wildman–Crippen MR) is 126 cm³/mol. The number of likely N-dealkylation sites (tertiary alicyclic amines) is 1. The minimum atomic E-state index is -0.567. The summed E-state index contributed by atoms with van der Waals surface area (Å²) in [4.78, 5) is 30.0. The van der Waals surface area contributed by atoms with Crippen molar-refractivity contribution < 1.29 is 9.53 Å². The fraction of sp³-hybridized carbons (Fsp3) is 0.391. The SMILES string of the molecule is Cn1c(=O)c2sccc2n2c(CN3CC(C(=O)N4CCCCC4)Oc4ccccc43)nnc12. The summed E-state index contributed by atoms with van der Waals surface area (Å²) in [6.45, 7) is 2.45. The molecule has 5 heterocycles. The van der Waals surface area contributed by atoms with Crippen molar-refractivity contribution in [2.45, 2.75) is 31.9 Å². The van der Waals surface area contributed by atoms with E-state index in [-0.39, 0.29) is 11.5 Å². The van der Waals surface area contributed by atoms with Crippen molar-refractivity contribution >= 4 is 38.9 Å². The molecule has 2 aliphatic rings. The maximum atomic E-state index is 13.2. The number of aromatic nitrogens is 4. The standard InChI is InChI=1S/C23H24N6O3S/c1-26-22(31)20-16(9-12-33-20)29-19(24-25-23(26)29)14-28-13-18(21(30)27-10-5-2-6-11-27)32-17-8-4-3-7-15(17)28/h3-4,7-9,12,18H,2,5-6,10-11,13-14H2,1H3. The first kappa shape index (κ1) is 20.2. The van der Waals surface area contributed by atoms with Crippen LogP contribution in [-0.4, -0.2) is 55.7 Å². The topological polar surface area (TPSA) is 85.0 Å². The molecule has 1 unspecified atom stereocenters. The highest BCUT2D eigenvalue weighted by Crippen LogP contribution is 2.35. The van der Waals surface area contributed by atoms with E-state index in [0.29, 0.717) is 35.1 Å². The van der Waals surface area contributed by atoms with Gasteiger partial charge in [0.05, 0.1) is 24.3 Å². The smallest absolute Gasteiger partial charge is 0.272 e. The summed E-state index contributed by atoms with van der Waals surface area (Å²) in [6.07, 6.45) is 2.69. The monoisotopic (exact) mass is 464 g/mol. The van der Waals surface area contributed by atoms with Gasteiger partial charge >= 0.3 is 0 Å². The van der Waals surface area contributed by atoms with Crippen molar-refractivity contribution in [3.8, 4) is 5.75 Å². The van der Waals surface area contributed by atoms with Gasteiger partial charge in [-0.05, 0) is 42.8 Å². The summed E-state index contributed by atoms with van der Waals surface area (Å²) in [5.41, 5.74) is 1.65. The van der Waals surface area contributed by atoms with Gasteiger partial charge in [-0.2, -0.15) is 0 Å². The fourth-order valence-corrected chi connectivity index (χ4v) is 5.68. The third-order valence-electron chi connectivity index (χ3n) is 6.53. The second kappa shape index (κ2) is 7.87. The highest BCUT2D eigenvalue weighted by molar-refractivity contribution is 7.17. The van der Waals surface area contributed by atoms with E-state index < -0.39 is 6.10 Å². The summed E-state index contributed by atoms with van der Waals surface area (Å²) >= 11 is 1.42. The number of fused-ring (bicyclic) bond motifs is 4. The van der Waals surface area contributed by atoms with Gasteiger partial charge in [0.15, 0.2) is 11.9 Å². The lowest BCUT2D eigenvalue weighted by Gasteiger charge is -2.38. The molecule has 9 nitrogen and oxygen atoms in total. The fourth-order valence-electron chi connectivity index (χ4n) is 4.83. The first-order valence-corrected chi connectivity index (χ1v) is 12.1. The molecule has 0 spiro atoms. The molecule has 1 atom stereocenters. The lowest BCUT2D eigenvalue weighted by molar-refractivity contribution is -0.139. The second-order valence-electron chi connectivity index (χ2n) is 8.59. The minimum absolute atomic E-state index is 0.0444. The van der Waals surface area contributed by atoms with Crippen LogP contribution in [0.1, 0.15) is 25.1 Å². The first-order valence-electron chi connectivity index (χ1n) is 11.2. The molecule has 3 aromatic heterocycles. The number of amides is 1. The molecule has 1 aromatic carbocycles. The van der Waals surface area contributed by atoms with Gasteiger partial charge in [-0.1, -0.05) is 12.1 Å². The number of thiophene rings is 1. The minimum Gasteiger partial charge on any atom is -0.477 e. The van der Waals surface area contributed by atoms with Crippen molar-refractivity contribution in [1.29, 1.82) is 0 Å². The highest BCUT2D eigenvalue weighted by Gasteiger charge is 2.34. The van der Waals surface area contributed by atoms with Crippen LogP contribution in [0.2, 0.25) is 0 Å². The number of hydrogen-bond acceptors (Lipinski definition) is 7. The number of ether oxygens (including phenoxy) is 1. The Morgan fingerprint density at radius 1 is 1.15 bits per heavy atom. The number of aryl methyl sites for hydroxylation is 1. The van der Waals surface area contributed by atoms with Crippen LogP contribution in [0, 0.1) is 0 Å². The van der Waals surface area contributed by atoms with Crippen LogP contribution in [0.3, 0.4) is 0 Å². The van der Waals surface area contributed by atoms with Gasteiger partial charge in [0.25, 0.3) is 11.5 Å². The number of piperidine rings is 1. The molecule has 0 saturated carbocycles. The van der Waals surface area contributed by atoms with Gasteiger partial charge in [0.1, 0.15) is 10.4 Å². The van der Waals surface area contributed by atoms with Crippen LogP contribution in [0.25, 0.3) is 16.0 Å². The van der Waals surface area contributed by atoms with Gasteiger partial charge in [0.2, 0.25) is 5.78 Å². The van der Waals surface area contributed by atoms with Crippen LogP contribution >= 0.6 is 11.3 Å². The van der Waals surface area contributed by atoms with Crippen molar-refractivity contribution in [2.24, 2.45) is 7.05 Å². The lowest BCUT2D eigenvalue weighted by atomic mass is 10.1. The number of hydrogen-bond donors (Lipinski definition) is 0. The van der Waals surface area contributed by atoms with Crippen LogP contribution in [0.15, 0.2) is 40.5 Å². The molecule has 6 rings (SSSR count). The van der Waals surface area contributed by atoms with Gasteiger partial charge < -0.3 is 14.5 Å². The van der Waals surface area contributed by atoms with Crippen molar-refractivity contribution in [1.82, 2.24) is 24.1 Å². The van der Waals surface area contributed by atoms with E-state index in [9.17, 15) is 9.59 Å². The second-order valence-corrected chi connectivity index (χ2v) is 9.51. The Labute approximate surface area is 193 Å². The molecule has 170 valence electrons. The molecule has 1 saturated heterocycles. The summed E-state index contributed by atoms with van der Waals surface area (Å²) in [7, 11) is 1.71. The molecule has 2 aliphatic heterocycles. The molecule has 0 aliphatic carbocycles. The highest BCUT2D eigenvalue weighted by atomic mass is 32.1. The van der Waals surface area contributed by atoms with Crippen molar-refractivity contribution in [2.75, 3.05) is 24.5 Å². The van der Waals surface area contributed by atoms with Crippen LogP contribution in [0.5, 0.6) is 5.75 Å². The van der Waals surface area contributed by atoms with Gasteiger partial charge in [0, 0.05) is 20.1 Å². The van der Waals surface area contributed by atoms with E-state index in [4.69, 9.17) is 4.74 Å². The van der Waals surface area contributed by atoms with E-state index in [1.165, 1.54) is 22.3 Å². The maximum Gasteiger partial charge on any atom is 0.272 e. The number of nitrogens with zero attached hydrogens (tertiary/aromatic N) is 6. The Balaban J connectivity index is 1.38. The molecular formula is C23H24N6O3S. The van der Waals surface area contributed by atoms with Gasteiger partial charge in [-0.25, -0.2) is 0 Å². The molecule has 1 fully saturated rings.